The summed E-state index contributed by atoms with van der Waals surface area (Å²) in [6, 6.07) is 13.1. The molecule has 3 rings (SSSR count). The number of nitro benzene ring substituents is 1. The monoisotopic (exact) mass is 341 g/mol. The molecule has 2 aromatic carbocycles. The first kappa shape index (κ1) is 16.2. The van der Waals surface area contributed by atoms with Crippen molar-refractivity contribution in [2.75, 3.05) is 0 Å². The molecule has 0 aliphatic rings. The van der Waals surface area contributed by atoms with Gasteiger partial charge in [0.2, 0.25) is 0 Å². The van der Waals surface area contributed by atoms with Gasteiger partial charge in [-0.25, -0.2) is 9.59 Å². The molecule has 126 valence electrons. The highest BCUT2D eigenvalue weighted by Crippen LogP contribution is 2.19. The largest absolute Gasteiger partial charge is 0.514 e. The second-order valence-electron chi connectivity index (χ2n) is 4.98. The Kier molecular flexibility index (Phi) is 4.42. The molecule has 0 atom stereocenters. The Morgan fingerprint density at radius 2 is 1.84 bits per heavy atom. The van der Waals surface area contributed by atoms with Gasteiger partial charge in [-0.05, 0) is 18.2 Å². The van der Waals surface area contributed by atoms with Crippen LogP contribution in [0.4, 0.5) is 10.5 Å². The minimum Gasteiger partial charge on any atom is -0.429 e. The van der Waals surface area contributed by atoms with E-state index in [9.17, 15) is 19.7 Å². The topological polar surface area (TPSA) is 109 Å². The average Bonchev–Trinajstić information content (AvgIpc) is 2.60. The van der Waals surface area contributed by atoms with Gasteiger partial charge in [0.25, 0.3) is 5.69 Å². The zero-order valence-electron chi connectivity index (χ0n) is 12.7. The highest BCUT2D eigenvalue weighted by atomic mass is 16.7. The fourth-order valence-electron chi connectivity index (χ4n) is 2.20. The normalized spacial score (nSPS) is 10.4. The lowest BCUT2D eigenvalue weighted by Crippen LogP contribution is -2.11. The number of rotatable bonds is 4. The van der Waals surface area contributed by atoms with Crippen molar-refractivity contribution in [3.05, 3.63) is 80.7 Å². The van der Waals surface area contributed by atoms with Gasteiger partial charge in [0.15, 0.2) is 0 Å². The van der Waals surface area contributed by atoms with Crippen LogP contribution in [0, 0.1) is 10.1 Å². The first-order chi connectivity index (χ1) is 12.0. The predicted molar refractivity (Wildman–Crippen MR) is 86.4 cm³/mol. The summed E-state index contributed by atoms with van der Waals surface area (Å²) in [5, 5.41) is 11.2. The molecule has 1 aromatic heterocycles. The Hall–Kier alpha value is -3.68. The number of non-ortho nitro benzene ring substituents is 1. The number of nitro groups is 1. The third-order valence-corrected chi connectivity index (χ3v) is 3.33. The molecule has 3 aromatic rings. The van der Waals surface area contributed by atoms with E-state index in [2.05, 4.69) is 0 Å². The molecule has 0 saturated heterocycles. The number of hydrogen-bond donors (Lipinski definition) is 0. The number of nitrogens with zero attached hydrogens (tertiary/aromatic N) is 1. The highest BCUT2D eigenvalue weighted by molar-refractivity contribution is 5.80. The average molecular weight is 341 g/mol. The van der Waals surface area contributed by atoms with Gasteiger partial charge in [0.1, 0.15) is 17.9 Å². The Morgan fingerprint density at radius 3 is 2.56 bits per heavy atom. The fraction of sp³-hybridized carbons (Fsp3) is 0.0588. The number of hydrogen-bond acceptors (Lipinski definition) is 7. The molecule has 8 heteroatoms. The minimum absolute atomic E-state index is 0.105. The highest BCUT2D eigenvalue weighted by Gasteiger charge is 2.11. The van der Waals surface area contributed by atoms with Crippen LogP contribution in [0.3, 0.4) is 0 Å². The van der Waals surface area contributed by atoms with E-state index in [4.69, 9.17) is 13.9 Å². The van der Waals surface area contributed by atoms with Crippen molar-refractivity contribution in [3.63, 3.8) is 0 Å². The maximum atomic E-state index is 11.7. The van der Waals surface area contributed by atoms with Crippen molar-refractivity contribution >= 4 is 22.8 Å². The second kappa shape index (κ2) is 6.83. The maximum absolute atomic E-state index is 11.7. The van der Waals surface area contributed by atoms with E-state index in [1.165, 1.54) is 30.3 Å². The van der Waals surface area contributed by atoms with Crippen LogP contribution in [0.25, 0.3) is 11.0 Å². The van der Waals surface area contributed by atoms with Crippen molar-refractivity contribution < 1.29 is 23.6 Å². The number of carbonyl (C=O) groups excluding carboxylic acids is 1. The van der Waals surface area contributed by atoms with Crippen LogP contribution in [0.2, 0.25) is 0 Å². The first-order valence-electron chi connectivity index (χ1n) is 7.14. The zero-order chi connectivity index (χ0) is 17.8. The van der Waals surface area contributed by atoms with Gasteiger partial charge in [-0.1, -0.05) is 18.2 Å². The summed E-state index contributed by atoms with van der Waals surface area (Å²) in [5.74, 6) is 0.105. The van der Waals surface area contributed by atoms with Crippen LogP contribution in [0.1, 0.15) is 5.56 Å². The van der Waals surface area contributed by atoms with Crippen molar-refractivity contribution in [1.29, 1.82) is 0 Å². The quantitative estimate of drug-likeness (QED) is 0.235. The molecule has 0 radical (unpaired) electrons. The van der Waals surface area contributed by atoms with E-state index in [1.807, 2.05) is 0 Å². The van der Waals surface area contributed by atoms with Crippen molar-refractivity contribution in [2.45, 2.75) is 6.61 Å². The summed E-state index contributed by atoms with van der Waals surface area (Å²) in [5.41, 5.74) is 0.189. The summed E-state index contributed by atoms with van der Waals surface area (Å²) < 4.78 is 15.0. The van der Waals surface area contributed by atoms with Gasteiger partial charge < -0.3 is 13.9 Å². The van der Waals surface area contributed by atoms with Crippen LogP contribution < -0.4 is 10.4 Å². The molecule has 0 unspecified atom stereocenters. The second-order valence-corrected chi connectivity index (χ2v) is 4.98. The third kappa shape index (κ3) is 3.81. The molecule has 0 bridgehead atoms. The lowest BCUT2D eigenvalue weighted by Gasteiger charge is -2.07. The molecule has 25 heavy (non-hydrogen) atoms. The lowest BCUT2D eigenvalue weighted by atomic mass is 10.1. The molecule has 0 fully saturated rings. The van der Waals surface area contributed by atoms with Gasteiger partial charge in [0, 0.05) is 29.1 Å². The van der Waals surface area contributed by atoms with E-state index in [-0.39, 0.29) is 18.0 Å². The van der Waals surface area contributed by atoms with Crippen molar-refractivity contribution in [2.24, 2.45) is 0 Å². The zero-order valence-corrected chi connectivity index (χ0v) is 12.7. The van der Waals surface area contributed by atoms with Crippen LogP contribution in [-0.2, 0) is 11.3 Å². The van der Waals surface area contributed by atoms with E-state index >= 15 is 0 Å². The van der Waals surface area contributed by atoms with Crippen LogP contribution in [0.15, 0.2) is 63.8 Å². The van der Waals surface area contributed by atoms with E-state index in [1.54, 1.807) is 24.3 Å². The fourth-order valence-corrected chi connectivity index (χ4v) is 2.20. The standard InChI is InChI=1S/C17H11NO7/c19-16-9-11(14-3-1-2-4-15(14)25-16)10-23-17(20)24-13-7-5-12(6-8-13)18(21)22/h1-9H,10H2. The summed E-state index contributed by atoms with van der Waals surface area (Å²) in [7, 11) is 0. The van der Waals surface area contributed by atoms with Crippen molar-refractivity contribution in [1.82, 2.24) is 0 Å². The molecule has 0 N–H and O–H groups in total. The summed E-state index contributed by atoms with van der Waals surface area (Å²) in [6.45, 7) is -0.183. The summed E-state index contributed by atoms with van der Waals surface area (Å²) in [6.07, 6.45) is -0.994. The maximum Gasteiger partial charge on any atom is 0.514 e. The van der Waals surface area contributed by atoms with Crippen LogP contribution >= 0.6 is 0 Å². The first-order valence-corrected chi connectivity index (χ1v) is 7.14. The Bertz CT molecular complexity index is 992. The summed E-state index contributed by atoms with van der Waals surface area (Å²) >= 11 is 0. The van der Waals surface area contributed by atoms with Gasteiger partial charge >= 0.3 is 11.8 Å². The molecule has 0 amide bonds. The van der Waals surface area contributed by atoms with Gasteiger partial charge in [0.05, 0.1) is 4.92 Å². The number of ether oxygens (including phenoxy) is 2. The lowest BCUT2D eigenvalue weighted by molar-refractivity contribution is -0.384. The number of benzene rings is 2. The van der Waals surface area contributed by atoms with E-state index < -0.39 is 16.7 Å². The third-order valence-electron chi connectivity index (χ3n) is 3.33. The molecular weight excluding hydrogens is 330 g/mol. The molecule has 0 aliphatic heterocycles. The van der Waals surface area contributed by atoms with E-state index in [0.29, 0.717) is 16.5 Å². The Morgan fingerprint density at radius 1 is 1.12 bits per heavy atom. The molecule has 0 spiro atoms. The van der Waals surface area contributed by atoms with E-state index in [0.717, 1.165) is 0 Å². The SMILES string of the molecule is O=C(OCc1cc(=O)oc2ccccc12)Oc1ccc([N+](=O)[O-])cc1. The Balaban J connectivity index is 1.68. The van der Waals surface area contributed by atoms with Crippen molar-refractivity contribution in [3.8, 4) is 5.75 Å². The van der Waals surface area contributed by atoms with Gasteiger partial charge in [-0.3, -0.25) is 10.1 Å². The number of carbonyl (C=O) groups is 1. The predicted octanol–water partition coefficient (Wildman–Crippen LogP) is 3.42. The number of fused-ring (bicyclic) bond motifs is 1. The molecule has 0 saturated carbocycles. The Labute approximate surface area is 140 Å². The molecular formula is C17H11NO7. The van der Waals surface area contributed by atoms with Gasteiger partial charge in [-0.2, -0.15) is 0 Å². The molecule has 8 nitrogen and oxygen atoms in total. The minimum atomic E-state index is -0.994. The van der Waals surface area contributed by atoms with Gasteiger partial charge in [-0.15, -0.1) is 0 Å². The van der Waals surface area contributed by atoms with Crippen LogP contribution in [0.5, 0.6) is 5.75 Å². The summed E-state index contributed by atoms with van der Waals surface area (Å²) in [4.78, 5) is 33.3. The number of para-hydroxylation sites is 1. The smallest absolute Gasteiger partial charge is 0.429 e. The molecule has 1 heterocycles. The molecule has 0 aliphatic carbocycles. The van der Waals surface area contributed by atoms with Crippen LogP contribution in [-0.4, -0.2) is 11.1 Å².